The van der Waals surface area contributed by atoms with Gasteiger partial charge in [-0.15, -0.1) is 11.3 Å². The van der Waals surface area contributed by atoms with Gasteiger partial charge in [0, 0.05) is 10.9 Å². The van der Waals surface area contributed by atoms with Gasteiger partial charge in [0.05, 0.1) is 11.2 Å². The van der Waals surface area contributed by atoms with Gasteiger partial charge >= 0.3 is 0 Å². The van der Waals surface area contributed by atoms with Gasteiger partial charge in [0.2, 0.25) is 0 Å². The third kappa shape index (κ3) is 2.09. The second-order valence-corrected chi connectivity index (χ2v) is 5.57. The Morgan fingerprint density at radius 2 is 2.00 bits per heavy atom. The minimum atomic E-state index is -0.0594. The fourth-order valence-electron chi connectivity index (χ4n) is 1.65. The van der Waals surface area contributed by atoms with Gasteiger partial charge < -0.3 is 5.11 Å². The number of aromatic nitrogens is 1. The van der Waals surface area contributed by atoms with E-state index >= 15 is 0 Å². The maximum Gasteiger partial charge on any atom is 0.119 e. The van der Waals surface area contributed by atoms with Crippen LogP contribution in [0.5, 0.6) is 5.75 Å². The number of thiazole rings is 1. The largest absolute Gasteiger partial charge is 0.508 e. The molecular weight excluding hydrogens is 218 g/mol. The quantitative estimate of drug-likeness (QED) is 0.812. The van der Waals surface area contributed by atoms with E-state index in [1.54, 1.807) is 17.4 Å². The van der Waals surface area contributed by atoms with Crippen LogP contribution in [-0.4, -0.2) is 10.1 Å². The second kappa shape index (κ2) is 3.91. The van der Waals surface area contributed by atoms with Crippen LogP contribution in [0, 0.1) is 0 Å². The van der Waals surface area contributed by atoms with Gasteiger partial charge in [-0.25, -0.2) is 4.98 Å². The Morgan fingerprint density at radius 3 is 2.56 bits per heavy atom. The van der Waals surface area contributed by atoms with Crippen molar-refractivity contribution in [3.8, 4) is 17.0 Å². The zero-order valence-corrected chi connectivity index (χ0v) is 10.5. The standard InChI is InChI=1S/C13H15NOS/c1-13(2,3)10-6-9(4-5-12(10)15)11-7-16-8-14-11/h4-8,15H,1-3H3. The molecule has 0 aliphatic carbocycles. The van der Waals surface area contributed by atoms with E-state index in [1.807, 2.05) is 23.0 Å². The number of phenols is 1. The zero-order chi connectivity index (χ0) is 11.8. The van der Waals surface area contributed by atoms with E-state index in [1.165, 1.54) is 0 Å². The number of nitrogens with zero attached hydrogens (tertiary/aromatic N) is 1. The van der Waals surface area contributed by atoms with Crippen LogP contribution >= 0.6 is 11.3 Å². The van der Waals surface area contributed by atoms with E-state index in [-0.39, 0.29) is 5.41 Å². The van der Waals surface area contributed by atoms with Crippen molar-refractivity contribution in [2.45, 2.75) is 26.2 Å². The van der Waals surface area contributed by atoms with Crippen LogP contribution in [0.4, 0.5) is 0 Å². The van der Waals surface area contributed by atoms with Crippen molar-refractivity contribution in [3.05, 3.63) is 34.7 Å². The number of rotatable bonds is 1. The maximum atomic E-state index is 9.85. The van der Waals surface area contributed by atoms with E-state index in [0.717, 1.165) is 16.8 Å². The minimum Gasteiger partial charge on any atom is -0.508 e. The Labute approximate surface area is 99.6 Å². The lowest BCUT2D eigenvalue weighted by Gasteiger charge is -2.21. The lowest BCUT2D eigenvalue weighted by atomic mass is 9.85. The predicted octanol–water partition coefficient (Wildman–Crippen LogP) is 3.81. The van der Waals surface area contributed by atoms with Crippen LogP contribution in [0.2, 0.25) is 0 Å². The monoisotopic (exact) mass is 233 g/mol. The molecule has 0 unspecified atom stereocenters. The van der Waals surface area contributed by atoms with Crippen LogP contribution in [0.25, 0.3) is 11.3 Å². The summed E-state index contributed by atoms with van der Waals surface area (Å²) in [5.41, 5.74) is 4.74. The van der Waals surface area contributed by atoms with Crippen molar-refractivity contribution in [2.24, 2.45) is 0 Å². The molecule has 1 aromatic heterocycles. The molecule has 2 rings (SSSR count). The lowest BCUT2D eigenvalue weighted by Crippen LogP contribution is -2.11. The molecule has 84 valence electrons. The SMILES string of the molecule is CC(C)(C)c1cc(-c2cscn2)ccc1O. The molecule has 0 amide bonds. The highest BCUT2D eigenvalue weighted by molar-refractivity contribution is 7.07. The third-order valence-electron chi connectivity index (χ3n) is 2.53. The van der Waals surface area contributed by atoms with Crippen molar-refractivity contribution in [1.82, 2.24) is 4.98 Å². The van der Waals surface area contributed by atoms with E-state index in [2.05, 4.69) is 25.8 Å². The van der Waals surface area contributed by atoms with Crippen LogP contribution in [0.3, 0.4) is 0 Å². The smallest absolute Gasteiger partial charge is 0.119 e. The molecule has 1 aromatic carbocycles. The molecule has 1 N–H and O–H groups in total. The number of phenolic OH excluding ortho intramolecular Hbond substituents is 1. The Balaban J connectivity index is 2.52. The highest BCUT2D eigenvalue weighted by atomic mass is 32.1. The highest BCUT2D eigenvalue weighted by Crippen LogP contribution is 2.33. The van der Waals surface area contributed by atoms with E-state index in [4.69, 9.17) is 0 Å². The molecule has 0 bridgehead atoms. The first-order valence-electron chi connectivity index (χ1n) is 5.20. The molecular formula is C13H15NOS. The van der Waals surface area contributed by atoms with E-state index in [0.29, 0.717) is 5.75 Å². The Bertz CT molecular complexity index is 483. The first-order chi connectivity index (χ1) is 7.48. The Hall–Kier alpha value is -1.35. The van der Waals surface area contributed by atoms with E-state index < -0.39 is 0 Å². The van der Waals surface area contributed by atoms with Crippen molar-refractivity contribution in [3.63, 3.8) is 0 Å². The molecule has 16 heavy (non-hydrogen) atoms. The summed E-state index contributed by atoms with van der Waals surface area (Å²) in [4.78, 5) is 4.28. The van der Waals surface area contributed by atoms with Gasteiger partial charge in [-0.3, -0.25) is 0 Å². The van der Waals surface area contributed by atoms with Crippen molar-refractivity contribution < 1.29 is 5.11 Å². The molecule has 2 aromatic rings. The predicted molar refractivity (Wildman–Crippen MR) is 67.9 cm³/mol. The fraction of sp³-hybridized carbons (Fsp3) is 0.308. The van der Waals surface area contributed by atoms with Gasteiger partial charge in [0.1, 0.15) is 5.75 Å². The molecule has 0 saturated heterocycles. The normalized spacial score (nSPS) is 11.7. The summed E-state index contributed by atoms with van der Waals surface area (Å²) in [5, 5.41) is 11.9. The topological polar surface area (TPSA) is 33.1 Å². The maximum absolute atomic E-state index is 9.85. The molecule has 0 spiro atoms. The lowest BCUT2D eigenvalue weighted by molar-refractivity contribution is 0.447. The molecule has 3 heteroatoms. The molecule has 0 aliphatic rings. The molecule has 2 nitrogen and oxygen atoms in total. The summed E-state index contributed by atoms with van der Waals surface area (Å²) in [5.74, 6) is 0.353. The second-order valence-electron chi connectivity index (χ2n) is 4.86. The van der Waals surface area contributed by atoms with Crippen molar-refractivity contribution in [1.29, 1.82) is 0 Å². The van der Waals surface area contributed by atoms with Gasteiger partial charge in [-0.05, 0) is 29.2 Å². The number of hydrogen-bond acceptors (Lipinski definition) is 3. The summed E-state index contributed by atoms with van der Waals surface area (Å²) in [6.45, 7) is 6.27. The summed E-state index contributed by atoms with van der Waals surface area (Å²) >= 11 is 1.58. The summed E-state index contributed by atoms with van der Waals surface area (Å²) in [7, 11) is 0. The molecule has 0 radical (unpaired) electrons. The van der Waals surface area contributed by atoms with Crippen LogP contribution in [-0.2, 0) is 5.41 Å². The van der Waals surface area contributed by atoms with Gasteiger partial charge in [0.15, 0.2) is 0 Å². The van der Waals surface area contributed by atoms with Crippen LogP contribution < -0.4 is 0 Å². The average molecular weight is 233 g/mol. The minimum absolute atomic E-state index is 0.0594. The molecule has 1 heterocycles. The zero-order valence-electron chi connectivity index (χ0n) is 9.69. The third-order valence-corrected chi connectivity index (χ3v) is 3.12. The summed E-state index contributed by atoms with van der Waals surface area (Å²) < 4.78 is 0. The Kier molecular flexibility index (Phi) is 2.72. The summed E-state index contributed by atoms with van der Waals surface area (Å²) in [6, 6.07) is 5.67. The van der Waals surface area contributed by atoms with Gasteiger partial charge in [-0.2, -0.15) is 0 Å². The van der Waals surface area contributed by atoms with Crippen molar-refractivity contribution in [2.75, 3.05) is 0 Å². The summed E-state index contributed by atoms with van der Waals surface area (Å²) in [6.07, 6.45) is 0. The first kappa shape index (κ1) is 11.1. The van der Waals surface area contributed by atoms with Gasteiger partial charge in [0.25, 0.3) is 0 Å². The molecule has 0 saturated carbocycles. The number of aromatic hydroxyl groups is 1. The molecule has 0 fully saturated rings. The fourth-order valence-corrected chi connectivity index (χ4v) is 2.21. The number of hydrogen-bond donors (Lipinski definition) is 1. The average Bonchev–Trinajstić information content (AvgIpc) is 2.69. The first-order valence-corrected chi connectivity index (χ1v) is 6.15. The van der Waals surface area contributed by atoms with Crippen molar-refractivity contribution >= 4 is 11.3 Å². The Morgan fingerprint density at radius 1 is 1.25 bits per heavy atom. The van der Waals surface area contributed by atoms with Crippen LogP contribution in [0.15, 0.2) is 29.1 Å². The van der Waals surface area contributed by atoms with Gasteiger partial charge in [-0.1, -0.05) is 20.8 Å². The molecule has 0 atom stereocenters. The molecule has 0 aliphatic heterocycles. The highest BCUT2D eigenvalue weighted by Gasteiger charge is 2.18. The van der Waals surface area contributed by atoms with Crippen LogP contribution in [0.1, 0.15) is 26.3 Å². The number of benzene rings is 1. The van der Waals surface area contributed by atoms with E-state index in [9.17, 15) is 5.11 Å².